The molecule has 4 rings (SSSR count). The van der Waals surface area contributed by atoms with Crippen LogP contribution in [0, 0.1) is 12.7 Å². The fraction of sp³-hybridized carbons (Fsp3) is 0.240. The largest absolute Gasteiger partial charge is 0.493 e. The quantitative estimate of drug-likeness (QED) is 0.336. The van der Waals surface area contributed by atoms with Crippen LogP contribution in [0.2, 0.25) is 0 Å². The highest BCUT2D eigenvalue weighted by Crippen LogP contribution is 2.40. The van der Waals surface area contributed by atoms with Gasteiger partial charge in [0.1, 0.15) is 23.8 Å². The number of anilines is 1. The van der Waals surface area contributed by atoms with Gasteiger partial charge < -0.3 is 14.4 Å². The molecule has 0 saturated carbocycles. The first kappa shape index (κ1) is 26.3. The molecule has 3 aromatic rings. The van der Waals surface area contributed by atoms with Crippen LogP contribution < -0.4 is 14.4 Å². The van der Waals surface area contributed by atoms with Gasteiger partial charge in [-0.05, 0) is 49.2 Å². The zero-order valence-electron chi connectivity index (χ0n) is 20.6. The van der Waals surface area contributed by atoms with E-state index in [9.17, 15) is 9.59 Å². The number of amides is 2. The minimum absolute atomic E-state index is 0.0324. The number of nitrogens with zero attached hydrogens (tertiary/aromatic N) is 4. The van der Waals surface area contributed by atoms with Crippen molar-refractivity contribution in [3.8, 4) is 11.5 Å². The molecule has 1 fully saturated rings. The fourth-order valence-corrected chi connectivity index (χ4v) is 4.87. The molecular weight excluding hydrogens is 517 g/mol. The fourth-order valence-electron chi connectivity index (χ4n) is 3.57. The van der Waals surface area contributed by atoms with Gasteiger partial charge in [-0.1, -0.05) is 41.7 Å². The van der Waals surface area contributed by atoms with Crippen molar-refractivity contribution in [2.75, 3.05) is 25.6 Å². The monoisotopic (exact) mass is 541 g/mol. The van der Waals surface area contributed by atoms with Crippen molar-refractivity contribution in [2.45, 2.75) is 20.5 Å². The van der Waals surface area contributed by atoms with Crippen LogP contribution in [0.3, 0.4) is 0 Å². The maximum absolute atomic E-state index is 15.0. The summed E-state index contributed by atoms with van der Waals surface area (Å²) < 4.78 is 26.1. The molecule has 0 aliphatic carbocycles. The Morgan fingerprint density at radius 3 is 2.65 bits per heavy atom. The number of aromatic nitrogens is 3. The van der Waals surface area contributed by atoms with Gasteiger partial charge in [0.25, 0.3) is 5.91 Å². The summed E-state index contributed by atoms with van der Waals surface area (Å²) in [6.07, 6.45) is 1.32. The minimum atomic E-state index is -0.668. The molecule has 1 saturated heterocycles. The number of aryl methyl sites for hydroxylation is 1. The van der Waals surface area contributed by atoms with Crippen LogP contribution in [0.5, 0.6) is 11.5 Å². The molecule has 1 aliphatic rings. The number of carbonyl (C=O) groups is 2. The van der Waals surface area contributed by atoms with Crippen molar-refractivity contribution in [1.29, 1.82) is 0 Å². The zero-order chi connectivity index (χ0) is 26.7. The summed E-state index contributed by atoms with van der Waals surface area (Å²) in [6.45, 7) is 3.41. The van der Waals surface area contributed by atoms with Crippen LogP contribution >= 0.6 is 24.0 Å². The zero-order valence-corrected chi connectivity index (χ0v) is 22.2. The molecule has 0 unspecified atom stereocenters. The maximum atomic E-state index is 15.0. The minimum Gasteiger partial charge on any atom is -0.493 e. The summed E-state index contributed by atoms with van der Waals surface area (Å²) >= 11 is 6.47. The molecule has 2 amide bonds. The number of thiocarbonyl (C=S) groups is 1. The average Bonchev–Trinajstić information content (AvgIpc) is 3.50. The van der Waals surface area contributed by atoms with E-state index in [0.717, 1.165) is 17.3 Å². The Balaban J connectivity index is 1.53. The van der Waals surface area contributed by atoms with E-state index in [4.69, 9.17) is 21.7 Å². The summed E-state index contributed by atoms with van der Waals surface area (Å²) in [5.74, 6) is -0.887. The first-order valence-electron chi connectivity index (χ1n) is 11.1. The van der Waals surface area contributed by atoms with Crippen LogP contribution in [0.15, 0.2) is 47.6 Å². The van der Waals surface area contributed by atoms with Crippen LogP contribution in [0.1, 0.15) is 23.9 Å². The molecule has 1 aromatic heterocycles. The highest BCUT2D eigenvalue weighted by molar-refractivity contribution is 8.26. The van der Waals surface area contributed by atoms with E-state index >= 15 is 4.39 Å². The number of nitrogens with one attached hydrogen (secondary N) is 1. The van der Waals surface area contributed by atoms with E-state index in [2.05, 4.69) is 15.2 Å². The lowest BCUT2D eigenvalue weighted by molar-refractivity contribution is -0.127. The van der Waals surface area contributed by atoms with Crippen LogP contribution in [0.4, 0.5) is 10.1 Å². The number of thioether (sulfide) groups is 1. The second-order valence-electron chi connectivity index (χ2n) is 8.21. The van der Waals surface area contributed by atoms with Crippen molar-refractivity contribution in [3.63, 3.8) is 0 Å². The standard InChI is InChI=1S/C25H24FN5O4S2/c1-14-5-7-17(8-6-14)30(3)21(32)11-31-24(33)23(37-25(31)36)15(2)16-9-18(26)22(19(10-16)34-4)35-12-20-27-13-28-29-20/h5-10,13H,11-12H2,1-4H3,(H,27,28,29)/b23-15-. The number of carbonyl (C=O) groups excluding carboxylic acids is 2. The first-order chi connectivity index (χ1) is 17.7. The summed E-state index contributed by atoms with van der Waals surface area (Å²) in [5, 5.41) is 6.36. The molecular formula is C25H24FN5O4S2. The number of hydrogen-bond acceptors (Lipinski definition) is 8. The molecule has 0 spiro atoms. The topological polar surface area (TPSA) is 101 Å². The highest BCUT2D eigenvalue weighted by atomic mass is 32.2. The van der Waals surface area contributed by atoms with Crippen molar-refractivity contribution in [2.24, 2.45) is 0 Å². The number of methoxy groups -OCH3 is 1. The molecule has 2 heterocycles. The van der Waals surface area contributed by atoms with Crippen LogP contribution in [0.25, 0.3) is 5.57 Å². The average molecular weight is 542 g/mol. The molecule has 12 heteroatoms. The second-order valence-corrected chi connectivity index (χ2v) is 9.86. The SMILES string of the molecule is COc1cc(/C(C)=C2\SC(=S)N(CC(=O)N(C)c3ccc(C)cc3)C2=O)cc(F)c1OCc1ncn[nH]1. The normalized spacial score (nSPS) is 14.7. The Bertz CT molecular complexity index is 1380. The smallest absolute Gasteiger partial charge is 0.266 e. The van der Waals surface area contributed by atoms with Crippen molar-refractivity contribution in [3.05, 3.63) is 70.4 Å². The number of likely N-dealkylation sites (N-methyl/N-ethyl adjacent to an activating group) is 1. The number of allylic oxidation sites excluding steroid dienone is 1. The Morgan fingerprint density at radius 2 is 2.00 bits per heavy atom. The molecule has 0 bridgehead atoms. The number of rotatable bonds is 8. The van der Waals surface area contributed by atoms with E-state index in [0.29, 0.717) is 27.6 Å². The number of aromatic amines is 1. The molecule has 1 aliphatic heterocycles. The Kier molecular flexibility index (Phi) is 7.89. The number of benzene rings is 2. The van der Waals surface area contributed by atoms with Gasteiger partial charge in [0.2, 0.25) is 5.91 Å². The second kappa shape index (κ2) is 11.1. The van der Waals surface area contributed by atoms with Gasteiger partial charge in [0.15, 0.2) is 23.1 Å². The molecule has 0 atom stereocenters. The Labute approximate surface area is 222 Å². The summed E-state index contributed by atoms with van der Waals surface area (Å²) in [7, 11) is 3.04. The van der Waals surface area contributed by atoms with Crippen molar-refractivity contribution in [1.82, 2.24) is 20.1 Å². The number of ether oxygens (including phenoxy) is 2. The lowest BCUT2D eigenvalue weighted by Gasteiger charge is -2.21. The third kappa shape index (κ3) is 5.65. The van der Waals surface area contributed by atoms with E-state index in [1.165, 1.54) is 29.3 Å². The summed E-state index contributed by atoms with van der Waals surface area (Å²) in [4.78, 5) is 33.1. The van der Waals surface area contributed by atoms with Gasteiger partial charge in [-0.25, -0.2) is 9.37 Å². The molecule has 2 aromatic carbocycles. The van der Waals surface area contributed by atoms with Gasteiger partial charge in [0, 0.05) is 12.7 Å². The van der Waals surface area contributed by atoms with E-state index in [1.807, 2.05) is 31.2 Å². The number of H-pyrrole nitrogens is 1. The lowest BCUT2D eigenvalue weighted by atomic mass is 10.1. The molecule has 192 valence electrons. The van der Waals surface area contributed by atoms with E-state index in [-0.39, 0.29) is 34.9 Å². The van der Waals surface area contributed by atoms with Crippen LogP contribution in [-0.2, 0) is 16.2 Å². The van der Waals surface area contributed by atoms with Crippen molar-refractivity contribution >= 4 is 51.4 Å². The van der Waals surface area contributed by atoms with E-state index < -0.39 is 11.7 Å². The molecule has 37 heavy (non-hydrogen) atoms. The molecule has 1 N–H and O–H groups in total. The van der Waals surface area contributed by atoms with Gasteiger partial charge >= 0.3 is 0 Å². The van der Waals surface area contributed by atoms with Gasteiger partial charge in [-0.3, -0.25) is 19.6 Å². The third-order valence-corrected chi connectivity index (χ3v) is 7.31. The van der Waals surface area contributed by atoms with Gasteiger partial charge in [0.05, 0.1) is 12.0 Å². The van der Waals surface area contributed by atoms with Gasteiger partial charge in [-0.15, -0.1) is 0 Å². The Hall–Kier alpha value is -3.77. The van der Waals surface area contributed by atoms with E-state index in [1.54, 1.807) is 20.0 Å². The number of halogens is 1. The number of hydrogen-bond donors (Lipinski definition) is 1. The third-order valence-electron chi connectivity index (χ3n) is 5.76. The maximum Gasteiger partial charge on any atom is 0.266 e. The summed E-state index contributed by atoms with van der Waals surface area (Å²) in [5.41, 5.74) is 2.70. The summed E-state index contributed by atoms with van der Waals surface area (Å²) in [6, 6.07) is 10.3. The Morgan fingerprint density at radius 1 is 1.27 bits per heavy atom. The lowest BCUT2D eigenvalue weighted by Crippen LogP contribution is -2.40. The highest BCUT2D eigenvalue weighted by Gasteiger charge is 2.36. The molecule has 0 radical (unpaired) electrons. The van der Waals surface area contributed by atoms with Crippen molar-refractivity contribution < 1.29 is 23.5 Å². The van der Waals surface area contributed by atoms with Crippen LogP contribution in [-0.4, -0.2) is 56.9 Å². The predicted octanol–water partition coefficient (Wildman–Crippen LogP) is 4.09. The molecule has 9 nitrogen and oxygen atoms in total. The predicted molar refractivity (Wildman–Crippen MR) is 143 cm³/mol. The first-order valence-corrected chi connectivity index (χ1v) is 12.3. The van der Waals surface area contributed by atoms with Gasteiger partial charge in [-0.2, -0.15) is 5.10 Å².